The maximum absolute atomic E-state index is 8.72. The van der Waals surface area contributed by atoms with Crippen molar-refractivity contribution in [2.75, 3.05) is 0 Å². The van der Waals surface area contributed by atoms with Crippen LogP contribution >= 0.6 is 11.8 Å². The summed E-state index contributed by atoms with van der Waals surface area (Å²) >= 11 is 1.58. The van der Waals surface area contributed by atoms with E-state index in [1.165, 1.54) is 0 Å². The number of hydrogen-bond acceptors (Lipinski definition) is 5. The molecular formula is C20H16N2O2S. The van der Waals surface area contributed by atoms with Crippen LogP contribution in [0.15, 0.2) is 71.5 Å². The third kappa shape index (κ3) is 4.91. The molecule has 0 bridgehead atoms. The molecule has 5 heteroatoms. The van der Waals surface area contributed by atoms with Crippen LogP contribution in [0.1, 0.15) is 11.1 Å². The van der Waals surface area contributed by atoms with Gasteiger partial charge in [-0.05, 0) is 49.2 Å². The van der Waals surface area contributed by atoms with E-state index in [1.807, 2.05) is 24.3 Å². The van der Waals surface area contributed by atoms with Gasteiger partial charge in [0.05, 0.1) is 0 Å². The molecule has 0 aliphatic carbocycles. The van der Waals surface area contributed by atoms with Crippen LogP contribution in [-0.4, -0.2) is 0 Å². The Kier molecular flexibility index (Phi) is 6.71. The quantitative estimate of drug-likeness (QED) is 0.495. The topological polar surface area (TPSA) is 66.0 Å². The van der Waals surface area contributed by atoms with Gasteiger partial charge in [0.1, 0.15) is 11.5 Å². The highest BCUT2D eigenvalue weighted by Crippen LogP contribution is 2.34. The summed E-state index contributed by atoms with van der Waals surface area (Å²) in [5, 5.41) is 17.4. The Morgan fingerprint density at radius 2 is 1.28 bits per heavy atom. The van der Waals surface area contributed by atoms with Gasteiger partial charge >= 0.3 is 0 Å². The smallest absolute Gasteiger partial charge is 0.292 e. The number of hydrogen-bond donors (Lipinski definition) is 0. The first-order valence-electron chi connectivity index (χ1n) is 7.49. The maximum Gasteiger partial charge on any atom is 0.292 e. The van der Waals surface area contributed by atoms with Crippen molar-refractivity contribution in [1.82, 2.24) is 0 Å². The van der Waals surface area contributed by atoms with Crippen molar-refractivity contribution in [2.24, 2.45) is 0 Å². The lowest BCUT2D eigenvalue weighted by Gasteiger charge is -2.10. The molecule has 0 unspecified atom stereocenters. The summed E-state index contributed by atoms with van der Waals surface area (Å²) in [5.41, 5.74) is 1.80. The van der Waals surface area contributed by atoms with E-state index in [0.717, 1.165) is 20.9 Å². The van der Waals surface area contributed by atoms with Crippen molar-refractivity contribution in [3.63, 3.8) is 0 Å². The minimum atomic E-state index is 0.539. The van der Waals surface area contributed by atoms with Crippen LogP contribution < -0.4 is 9.47 Å². The molecule has 2 rings (SSSR count). The molecule has 0 spiro atoms. The van der Waals surface area contributed by atoms with Gasteiger partial charge < -0.3 is 9.47 Å². The zero-order valence-corrected chi connectivity index (χ0v) is 14.4. The van der Waals surface area contributed by atoms with Gasteiger partial charge in [-0.2, -0.15) is 0 Å². The molecule has 0 atom stereocenters. The first kappa shape index (κ1) is 18.2. The highest BCUT2D eigenvalue weighted by molar-refractivity contribution is 7.99. The largest absolute Gasteiger partial charge is 0.388 e. The number of nitrogens with zero attached hydrogens (tertiary/aromatic N) is 2. The van der Waals surface area contributed by atoms with E-state index in [0.29, 0.717) is 24.3 Å². The fourth-order valence-electron chi connectivity index (χ4n) is 2.30. The summed E-state index contributed by atoms with van der Waals surface area (Å²) in [7, 11) is 0. The van der Waals surface area contributed by atoms with E-state index in [4.69, 9.17) is 20.0 Å². The monoisotopic (exact) mass is 348 g/mol. The summed E-state index contributed by atoms with van der Waals surface area (Å²) in [6.45, 7) is 7.47. The highest BCUT2D eigenvalue weighted by Gasteiger charge is 2.09. The van der Waals surface area contributed by atoms with Crippen LogP contribution in [0.5, 0.6) is 11.5 Å². The molecule has 0 N–H and O–H groups in total. The summed E-state index contributed by atoms with van der Waals surface area (Å²) in [6, 6.07) is 11.3. The first-order valence-corrected chi connectivity index (χ1v) is 8.30. The predicted octanol–water partition coefficient (Wildman–Crippen LogP) is 5.01. The first-order chi connectivity index (χ1) is 12.2. The highest BCUT2D eigenvalue weighted by atomic mass is 32.2. The van der Waals surface area contributed by atoms with Crippen molar-refractivity contribution in [1.29, 1.82) is 10.5 Å². The third-order valence-corrected chi connectivity index (χ3v) is 4.32. The second kappa shape index (κ2) is 9.22. The average Bonchev–Trinajstić information content (AvgIpc) is 2.60. The van der Waals surface area contributed by atoms with Crippen molar-refractivity contribution in [3.8, 4) is 24.0 Å². The summed E-state index contributed by atoms with van der Waals surface area (Å²) < 4.78 is 9.96. The Morgan fingerprint density at radius 3 is 1.64 bits per heavy atom. The minimum absolute atomic E-state index is 0.539. The molecule has 0 aromatic heterocycles. The lowest BCUT2D eigenvalue weighted by atomic mass is 10.1. The van der Waals surface area contributed by atoms with Gasteiger partial charge in [0, 0.05) is 20.9 Å². The average molecular weight is 348 g/mol. The normalized spacial score (nSPS) is 9.52. The number of ether oxygens (including phenoxy) is 2. The van der Waals surface area contributed by atoms with Gasteiger partial charge in [-0.15, -0.1) is 23.7 Å². The molecule has 0 radical (unpaired) electrons. The minimum Gasteiger partial charge on any atom is -0.388 e. The van der Waals surface area contributed by atoms with E-state index in [9.17, 15) is 0 Å². The second-order valence-corrected chi connectivity index (χ2v) is 6.16. The fraction of sp³-hybridized carbons (Fsp3) is 0.100. The van der Waals surface area contributed by atoms with Crippen molar-refractivity contribution in [3.05, 3.63) is 72.8 Å². The lowest BCUT2D eigenvalue weighted by molar-refractivity contribution is 0.501. The zero-order chi connectivity index (χ0) is 18.1. The van der Waals surface area contributed by atoms with Gasteiger partial charge in [-0.3, -0.25) is 0 Å². The van der Waals surface area contributed by atoms with Crippen LogP contribution in [0.25, 0.3) is 0 Å². The summed E-state index contributed by atoms with van der Waals surface area (Å²) in [5.74, 6) is 1.08. The van der Waals surface area contributed by atoms with Crippen molar-refractivity contribution >= 4 is 11.8 Å². The van der Waals surface area contributed by atoms with Crippen LogP contribution in [-0.2, 0) is 12.8 Å². The van der Waals surface area contributed by atoms with Crippen molar-refractivity contribution < 1.29 is 9.47 Å². The lowest BCUT2D eigenvalue weighted by Crippen LogP contribution is -1.92. The number of nitriles is 2. The van der Waals surface area contributed by atoms with Crippen LogP contribution in [0, 0.1) is 23.0 Å². The summed E-state index contributed by atoms with van der Waals surface area (Å²) in [6.07, 6.45) is 8.16. The molecule has 4 nitrogen and oxygen atoms in total. The van der Waals surface area contributed by atoms with Crippen LogP contribution in [0.4, 0.5) is 0 Å². The van der Waals surface area contributed by atoms with Crippen molar-refractivity contribution in [2.45, 2.75) is 22.6 Å². The zero-order valence-electron chi connectivity index (χ0n) is 13.6. The summed E-state index contributed by atoms with van der Waals surface area (Å²) in [4.78, 5) is 2.03. The maximum atomic E-state index is 8.72. The second-order valence-electron chi connectivity index (χ2n) is 5.01. The number of benzene rings is 2. The van der Waals surface area contributed by atoms with E-state index in [2.05, 4.69) is 13.2 Å². The Labute approximate surface area is 151 Å². The number of allylic oxidation sites excluding steroid dienone is 2. The molecule has 0 heterocycles. The molecule has 124 valence electrons. The Balaban J connectivity index is 2.29. The number of rotatable bonds is 8. The molecule has 2 aromatic carbocycles. The Hall–Kier alpha value is -3.15. The predicted molar refractivity (Wildman–Crippen MR) is 97.3 cm³/mol. The molecule has 2 aromatic rings. The van der Waals surface area contributed by atoms with Gasteiger partial charge in [0.2, 0.25) is 0 Å². The van der Waals surface area contributed by atoms with E-state index < -0.39 is 0 Å². The van der Waals surface area contributed by atoms with E-state index in [1.54, 1.807) is 48.6 Å². The SMILES string of the molecule is C=CCc1cc(Sc2ccc(OC#N)c(CC=C)c2)ccc1OC#N. The van der Waals surface area contributed by atoms with Crippen LogP contribution in [0.2, 0.25) is 0 Å². The van der Waals surface area contributed by atoms with Gasteiger partial charge in [0.15, 0.2) is 0 Å². The Bertz CT molecular complexity index is 791. The molecule has 0 saturated carbocycles. The molecule has 0 amide bonds. The molecule has 0 fully saturated rings. The molecule has 25 heavy (non-hydrogen) atoms. The molecule has 0 aliphatic heterocycles. The van der Waals surface area contributed by atoms with Gasteiger partial charge in [-0.25, -0.2) is 0 Å². The van der Waals surface area contributed by atoms with Gasteiger partial charge in [-0.1, -0.05) is 23.9 Å². The van der Waals surface area contributed by atoms with E-state index >= 15 is 0 Å². The van der Waals surface area contributed by atoms with E-state index in [-0.39, 0.29) is 0 Å². The standard InChI is InChI=1S/C20H16N2O2S/c1-3-5-15-11-17(7-9-19(15)23-13-21)25-18-8-10-20(24-14-22)16(12-18)6-4-2/h3-4,7-12H,1-2,5-6H2. The molecule has 0 saturated heterocycles. The molecular weight excluding hydrogens is 332 g/mol. The fourth-order valence-corrected chi connectivity index (χ4v) is 3.25. The van der Waals surface area contributed by atoms with Gasteiger partial charge in [0.25, 0.3) is 12.5 Å². The Morgan fingerprint density at radius 1 is 0.840 bits per heavy atom. The third-order valence-electron chi connectivity index (χ3n) is 3.34. The molecule has 0 aliphatic rings. The van der Waals surface area contributed by atoms with Crippen LogP contribution in [0.3, 0.4) is 0 Å².